The lowest BCUT2D eigenvalue weighted by molar-refractivity contribution is 0.107. The van der Waals surface area contributed by atoms with Gasteiger partial charge in [-0.3, -0.25) is 9.88 Å². The lowest BCUT2D eigenvalue weighted by Crippen LogP contribution is -2.51. The van der Waals surface area contributed by atoms with Crippen molar-refractivity contribution in [2.45, 2.75) is 39.3 Å². The first kappa shape index (κ1) is 14.9. The van der Waals surface area contributed by atoms with Gasteiger partial charge in [-0.05, 0) is 37.9 Å². The van der Waals surface area contributed by atoms with Crippen molar-refractivity contribution in [3.05, 3.63) is 42.2 Å². The molecule has 3 heteroatoms. The van der Waals surface area contributed by atoms with Crippen molar-refractivity contribution in [2.75, 3.05) is 13.1 Å². The van der Waals surface area contributed by atoms with Crippen molar-refractivity contribution in [1.82, 2.24) is 9.88 Å². The first-order valence-corrected chi connectivity index (χ1v) is 7.35. The van der Waals surface area contributed by atoms with E-state index in [2.05, 4.69) is 55.8 Å². The molecule has 0 aliphatic carbocycles. The number of fused-ring (bicyclic) bond motifs is 1. The molecular weight excluding hydrogens is 246 g/mol. The highest BCUT2D eigenvalue weighted by Gasteiger charge is 2.33. The van der Waals surface area contributed by atoms with E-state index in [0.717, 1.165) is 24.0 Å². The molecule has 1 atom stereocenters. The van der Waals surface area contributed by atoms with Crippen LogP contribution in [0.25, 0.3) is 10.8 Å². The summed E-state index contributed by atoms with van der Waals surface area (Å²) in [6.07, 6.45) is 3.81. The predicted molar refractivity (Wildman–Crippen MR) is 85.7 cm³/mol. The fourth-order valence-electron chi connectivity index (χ4n) is 3.00. The average molecular weight is 271 g/mol. The Morgan fingerprint density at radius 2 is 1.80 bits per heavy atom. The summed E-state index contributed by atoms with van der Waals surface area (Å²) in [6, 6.07) is 8.24. The van der Waals surface area contributed by atoms with Gasteiger partial charge >= 0.3 is 0 Å². The van der Waals surface area contributed by atoms with Crippen LogP contribution in [0.1, 0.15) is 39.3 Å². The minimum atomic E-state index is -0.102. The Hall–Kier alpha value is -1.45. The van der Waals surface area contributed by atoms with Gasteiger partial charge in [-0.2, -0.15) is 0 Å². The van der Waals surface area contributed by atoms with Gasteiger partial charge in [0, 0.05) is 29.4 Å². The summed E-state index contributed by atoms with van der Waals surface area (Å²) in [7, 11) is 0. The third-order valence-electron chi connectivity index (χ3n) is 4.37. The van der Waals surface area contributed by atoms with Crippen LogP contribution in [-0.2, 0) is 0 Å². The molecule has 2 aromatic rings. The molecule has 0 radical (unpaired) electrons. The van der Waals surface area contributed by atoms with E-state index in [0.29, 0.717) is 0 Å². The molecule has 20 heavy (non-hydrogen) atoms. The van der Waals surface area contributed by atoms with Gasteiger partial charge < -0.3 is 5.73 Å². The molecule has 0 aliphatic rings. The minimum Gasteiger partial charge on any atom is -0.322 e. The SMILES string of the molecule is CCN(CC)C(C)(C)C(N)c1cncc2ccccc12. The fraction of sp³-hybridized carbons (Fsp3) is 0.471. The van der Waals surface area contributed by atoms with Gasteiger partial charge in [0.1, 0.15) is 0 Å². The van der Waals surface area contributed by atoms with Crippen molar-refractivity contribution in [1.29, 1.82) is 0 Å². The summed E-state index contributed by atoms with van der Waals surface area (Å²) in [5, 5.41) is 2.35. The van der Waals surface area contributed by atoms with E-state index in [1.807, 2.05) is 18.5 Å². The standard InChI is InChI=1S/C17H25N3/c1-5-20(6-2)17(3,4)16(18)15-12-19-11-13-9-7-8-10-14(13)15/h7-12,16H,5-6,18H2,1-4H3. The molecule has 0 aliphatic heterocycles. The average Bonchev–Trinajstić information content (AvgIpc) is 2.47. The molecule has 0 spiro atoms. The lowest BCUT2D eigenvalue weighted by Gasteiger charge is -2.42. The Morgan fingerprint density at radius 1 is 1.15 bits per heavy atom. The molecule has 0 saturated carbocycles. The maximum atomic E-state index is 6.61. The monoisotopic (exact) mass is 271 g/mol. The molecule has 0 saturated heterocycles. The predicted octanol–water partition coefficient (Wildman–Crippen LogP) is 3.36. The minimum absolute atomic E-state index is 0.0685. The number of nitrogens with two attached hydrogens (primary N) is 1. The van der Waals surface area contributed by atoms with Crippen molar-refractivity contribution >= 4 is 10.8 Å². The van der Waals surface area contributed by atoms with Gasteiger partial charge in [-0.1, -0.05) is 38.1 Å². The second-order valence-corrected chi connectivity index (χ2v) is 5.75. The van der Waals surface area contributed by atoms with E-state index >= 15 is 0 Å². The van der Waals surface area contributed by atoms with Crippen LogP contribution in [0.5, 0.6) is 0 Å². The second kappa shape index (κ2) is 5.90. The zero-order valence-corrected chi connectivity index (χ0v) is 12.9. The zero-order valence-electron chi connectivity index (χ0n) is 12.9. The van der Waals surface area contributed by atoms with E-state index in [1.165, 1.54) is 5.39 Å². The van der Waals surface area contributed by atoms with Crippen LogP contribution in [-0.4, -0.2) is 28.5 Å². The number of benzene rings is 1. The number of pyridine rings is 1. The molecule has 1 unspecified atom stereocenters. The number of aromatic nitrogens is 1. The normalized spacial score (nSPS) is 13.9. The van der Waals surface area contributed by atoms with E-state index < -0.39 is 0 Å². The van der Waals surface area contributed by atoms with Crippen LogP contribution in [0.3, 0.4) is 0 Å². The Bertz CT molecular complexity index is 568. The quantitative estimate of drug-likeness (QED) is 0.906. The summed E-state index contributed by atoms with van der Waals surface area (Å²) in [6.45, 7) is 10.8. The summed E-state index contributed by atoms with van der Waals surface area (Å²) in [5.41, 5.74) is 7.63. The maximum Gasteiger partial charge on any atom is 0.0498 e. The topological polar surface area (TPSA) is 42.1 Å². The Balaban J connectivity index is 2.48. The Kier molecular flexibility index (Phi) is 4.41. The highest BCUT2D eigenvalue weighted by atomic mass is 15.2. The van der Waals surface area contributed by atoms with Gasteiger partial charge in [-0.25, -0.2) is 0 Å². The zero-order chi connectivity index (χ0) is 14.8. The molecular formula is C17H25N3. The van der Waals surface area contributed by atoms with Crippen molar-refractivity contribution in [3.8, 4) is 0 Å². The third-order valence-corrected chi connectivity index (χ3v) is 4.37. The van der Waals surface area contributed by atoms with Crippen LogP contribution >= 0.6 is 0 Å². The van der Waals surface area contributed by atoms with E-state index in [4.69, 9.17) is 5.73 Å². The van der Waals surface area contributed by atoms with Gasteiger partial charge in [0.15, 0.2) is 0 Å². The van der Waals surface area contributed by atoms with Crippen molar-refractivity contribution in [2.24, 2.45) is 5.73 Å². The van der Waals surface area contributed by atoms with Crippen LogP contribution in [0.2, 0.25) is 0 Å². The molecule has 2 N–H and O–H groups in total. The molecule has 0 bridgehead atoms. The van der Waals surface area contributed by atoms with Crippen LogP contribution in [0.15, 0.2) is 36.7 Å². The maximum absolute atomic E-state index is 6.61. The molecule has 3 nitrogen and oxygen atoms in total. The number of rotatable bonds is 5. The van der Waals surface area contributed by atoms with Gasteiger partial charge in [0.25, 0.3) is 0 Å². The highest BCUT2D eigenvalue weighted by molar-refractivity contribution is 5.85. The van der Waals surface area contributed by atoms with Crippen molar-refractivity contribution in [3.63, 3.8) is 0 Å². The smallest absolute Gasteiger partial charge is 0.0498 e. The Labute approximate surface area is 121 Å². The largest absolute Gasteiger partial charge is 0.322 e. The summed E-state index contributed by atoms with van der Waals surface area (Å²) in [4.78, 5) is 6.76. The molecule has 1 aromatic carbocycles. The first-order valence-electron chi connectivity index (χ1n) is 7.35. The first-order chi connectivity index (χ1) is 9.52. The van der Waals surface area contributed by atoms with Crippen LogP contribution in [0, 0.1) is 0 Å². The molecule has 108 valence electrons. The van der Waals surface area contributed by atoms with Gasteiger partial charge in [-0.15, -0.1) is 0 Å². The molecule has 2 rings (SSSR count). The van der Waals surface area contributed by atoms with Gasteiger partial charge in [0.2, 0.25) is 0 Å². The molecule has 1 aromatic heterocycles. The summed E-state index contributed by atoms with van der Waals surface area (Å²) < 4.78 is 0. The second-order valence-electron chi connectivity index (χ2n) is 5.75. The number of hydrogen-bond acceptors (Lipinski definition) is 3. The lowest BCUT2D eigenvalue weighted by atomic mass is 9.86. The summed E-state index contributed by atoms with van der Waals surface area (Å²) in [5.74, 6) is 0. The van der Waals surface area contributed by atoms with Crippen LogP contribution < -0.4 is 5.73 Å². The van der Waals surface area contributed by atoms with Crippen molar-refractivity contribution < 1.29 is 0 Å². The number of hydrogen-bond donors (Lipinski definition) is 1. The fourth-order valence-corrected chi connectivity index (χ4v) is 3.00. The summed E-state index contributed by atoms with van der Waals surface area (Å²) >= 11 is 0. The Morgan fingerprint density at radius 3 is 2.45 bits per heavy atom. The number of likely N-dealkylation sites (N-methyl/N-ethyl adjacent to an activating group) is 1. The van der Waals surface area contributed by atoms with E-state index in [9.17, 15) is 0 Å². The third kappa shape index (κ3) is 2.56. The van der Waals surface area contributed by atoms with Crippen LogP contribution in [0.4, 0.5) is 0 Å². The molecule has 0 fully saturated rings. The van der Waals surface area contributed by atoms with E-state index in [-0.39, 0.29) is 11.6 Å². The molecule has 0 amide bonds. The number of nitrogens with zero attached hydrogens (tertiary/aromatic N) is 2. The highest BCUT2D eigenvalue weighted by Crippen LogP contribution is 2.32. The van der Waals surface area contributed by atoms with E-state index in [1.54, 1.807) is 0 Å². The molecule has 1 heterocycles. The van der Waals surface area contributed by atoms with Gasteiger partial charge in [0.05, 0.1) is 0 Å².